The van der Waals surface area contributed by atoms with E-state index >= 15 is 0 Å². The molecule has 0 unspecified atom stereocenters. The van der Waals surface area contributed by atoms with E-state index in [0.29, 0.717) is 44.3 Å². The van der Waals surface area contributed by atoms with Gasteiger partial charge in [0.05, 0.1) is 6.61 Å². The summed E-state index contributed by atoms with van der Waals surface area (Å²) in [6.07, 6.45) is 0.727. The lowest BCUT2D eigenvalue weighted by atomic mass is 10.2. The van der Waals surface area contributed by atoms with Crippen molar-refractivity contribution in [1.29, 1.82) is 0 Å². The van der Waals surface area contributed by atoms with Crippen LogP contribution in [0.3, 0.4) is 0 Å². The van der Waals surface area contributed by atoms with Crippen LogP contribution in [0, 0.1) is 6.92 Å². The van der Waals surface area contributed by atoms with Crippen LogP contribution in [0.25, 0.3) is 0 Å². The largest absolute Gasteiger partial charge is 0.494 e. The predicted octanol–water partition coefficient (Wildman–Crippen LogP) is 2.91. The van der Waals surface area contributed by atoms with E-state index in [9.17, 15) is 9.59 Å². The van der Waals surface area contributed by atoms with E-state index in [1.807, 2.05) is 50.2 Å². The van der Waals surface area contributed by atoms with Gasteiger partial charge >= 0.3 is 0 Å². The zero-order chi connectivity index (χ0) is 22.1. The van der Waals surface area contributed by atoms with Gasteiger partial charge in [0.25, 0.3) is 11.8 Å². The molecule has 31 heavy (non-hydrogen) atoms. The number of amides is 2. The molecule has 2 aromatic carbocycles. The number of ether oxygens (including phenoxy) is 3. The van der Waals surface area contributed by atoms with Gasteiger partial charge in [0.1, 0.15) is 17.2 Å². The molecule has 2 amide bonds. The number of carbonyl (C=O) groups is 2. The molecule has 166 valence electrons. The maximum Gasteiger partial charge on any atom is 0.260 e. The summed E-state index contributed by atoms with van der Waals surface area (Å²) < 4.78 is 16.6. The van der Waals surface area contributed by atoms with Gasteiger partial charge in [-0.1, -0.05) is 17.7 Å². The van der Waals surface area contributed by atoms with Crippen molar-refractivity contribution in [3.05, 3.63) is 54.1 Å². The zero-order valence-corrected chi connectivity index (χ0v) is 18.2. The maximum absolute atomic E-state index is 12.6. The molecule has 0 spiro atoms. The monoisotopic (exact) mass is 426 g/mol. The fourth-order valence-electron chi connectivity index (χ4n) is 3.32. The highest BCUT2D eigenvalue weighted by molar-refractivity contribution is 5.79. The Morgan fingerprint density at radius 1 is 0.710 bits per heavy atom. The van der Waals surface area contributed by atoms with Crippen molar-refractivity contribution >= 4 is 11.8 Å². The van der Waals surface area contributed by atoms with E-state index in [2.05, 4.69) is 0 Å². The second-order valence-electron chi connectivity index (χ2n) is 7.41. The molecule has 3 rings (SSSR count). The third-order valence-corrected chi connectivity index (χ3v) is 5.08. The van der Waals surface area contributed by atoms with Gasteiger partial charge in [-0.05, 0) is 56.7 Å². The van der Waals surface area contributed by atoms with Crippen LogP contribution >= 0.6 is 0 Å². The van der Waals surface area contributed by atoms with Crippen molar-refractivity contribution in [3.8, 4) is 17.2 Å². The Labute approximate surface area is 183 Å². The second kappa shape index (κ2) is 11.2. The molecule has 0 bridgehead atoms. The van der Waals surface area contributed by atoms with Crippen LogP contribution < -0.4 is 14.2 Å². The molecule has 0 radical (unpaired) electrons. The zero-order valence-electron chi connectivity index (χ0n) is 18.2. The minimum absolute atomic E-state index is 0.00212. The lowest BCUT2D eigenvalue weighted by Crippen LogP contribution is -2.40. The molecule has 0 N–H and O–H groups in total. The highest BCUT2D eigenvalue weighted by Crippen LogP contribution is 2.18. The molecule has 1 aliphatic rings. The smallest absolute Gasteiger partial charge is 0.260 e. The van der Waals surface area contributed by atoms with Crippen molar-refractivity contribution in [2.24, 2.45) is 0 Å². The Morgan fingerprint density at radius 3 is 1.58 bits per heavy atom. The first kappa shape index (κ1) is 22.5. The third kappa shape index (κ3) is 6.91. The minimum Gasteiger partial charge on any atom is -0.494 e. The standard InChI is InChI=1S/C24H30N2O5/c1-3-29-20-9-11-22(12-10-20)31-18-24(28)26-14-4-13-25(15-16-26)23(27)17-30-21-7-5-19(2)6-8-21/h5-12H,3-4,13-18H2,1-2H3. The third-order valence-electron chi connectivity index (χ3n) is 5.08. The highest BCUT2D eigenvalue weighted by Gasteiger charge is 2.22. The van der Waals surface area contributed by atoms with Crippen LogP contribution in [0.15, 0.2) is 48.5 Å². The molecule has 0 aromatic heterocycles. The normalized spacial score (nSPS) is 14.0. The molecular formula is C24H30N2O5. The first-order valence-corrected chi connectivity index (χ1v) is 10.7. The Balaban J connectivity index is 1.42. The van der Waals surface area contributed by atoms with E-state index < -0.39 is 0 Å². The topological polar surface area (TPSA) is 68.3 Å². The lowest BCUT2D eigenvalue weighted by Gasteiger charge is -2.22. The van der Waals surface area contributed by atoms with Gasteiger partial charge < -0.3 is 24.0 Å². The average molecular weight is 427 g/mol. The average Bonchev–Trinajstić information content (AvgIpc) is 3.04. The van der Waals surface area contributed by atoms with Crippen molar-refractivity contribution in [3.63, 3.8) is 0 Å². The van der Waals surface area contributed by atoms with Crippen LogP contribution in [0.5, 0.6) is 17.2 Å². The Kier molecular flexibility index (Phi) is 8.15. The number of rotatable bonds is 8. The van der Waals surface area contributed by atoms with Crippen molar-refractivity contribution < 1.29 is 23.8 Å². The molecular weight excluding hydrogens is 396 g/mol. The Hall–Kier alpha value is -3.22. The summed E-state index contributed by atoms with van der Waals surface area (Å²) in [5.41, 5.74) is 1.14. The van der Waals surface area contributed by atoms with Crippen LogP contribution in [0.2, 0.25) is 0 Å². The number of aryl methyl sites for hydroxylation is 1. The van der Waals surface area contributed by atoms with Crippen molar-refractivity contribution in [2.75, 3.05) is 46.0 Å². The number of carbonyl (C=O) groups excluding carboxylic acids is 2. The fourth-order valence-corrected chi connectivity index (χ4v) is 3.32. The van der Waals surface area contributed by atoms with E-state index in [1.54, 1.807) is 21.9 Å². The first-order valence-electron chi connectivity index (χ1n) is 10.7. The Morgan fingerprint density at radius 2 is 1.13 bits per heavy atom. The summed E-state index contributed by atoms with van der Waals surface area (Å²) in [5.74, 6) is 1.91. The second-order valence-corrected chi connectivity index (χ2v) is 7.41. The molecule has 2 aromatic rings. The highest BCUT2D eigenvalue weighted by atomic mass is 16.5. The SMILES string of the molecule is CCOc1ccc(OCC(=O)N2CCCN(C(=O)COc3ccc(C)cc3)CC2)cc1. The van der Waals surface area contributed by atoms with Gasteiger partial charge in [0, 0.05) is 26.2 Å². The van der Waals surface area contributed by atoms with Crippen LogP contribution in [0.4, 0.5) is 0 Å². The van der Waals surface area contributed by atoms with Gasteiger partial charge in [0.2, 0.25) is 0 Å². The fraction of sp³-hybridized carbons (Fsp3) is 0.417. The summed E-state index contributed by atoms with van der Waals surface area (Å²) >= 11 is 0. The summed E-state index contributed by atoms with van der Waals surface area (Å²) in [4.78, 5) is 28.6. The number of hydrogen-bond acceptors (Lipinski definition) is 5. The maximum atomic E-state index is 12.6. The number of hydrogen-bond donors (Lipinski definition) is 0. The molecule has 1 heterocycles. The van der Waals surface area contributed by atoms with Gasteiger partial charge in [-0.15, -0.1) is 0 Å². The van der Waals surface area contributed by atoms with E-state index in [-0.39, 0.29) is 25.0 Å². The van der Waals surface area contributed by atoms with Gasteiger partial charge in [0.15, 0.2) is 13.2 Å². The quantitative estimate of drug-likeness (QED) is 0.649. The predicted molar refractivity (Wildman–Crippen MR) is 118 cm³/mol. The minimum atomic E-state index is -0.0842. The van der Waals surface area contributed by atoms with Gasteiger partial charge in [-0.2, -0.15) is 0 Å². The summed E-state index contributed by atoms with van der Waals surface area (Å²) in [6.45, 7) is 6.69. The molecule has 7 nitrogen and oxygen atoms in total. The molecule has 7 heteroatoms. The molecule has 0 aliphatic carbocycles. The summed E-state index contributed by atoms with van der Waals surface area (Å²) in [5, 5.41) is 0. The Bertz CT molecular complexity index is 851. The van der Waals surface area contributed by atoms with E-state index in [1.165, 1.54) is 0 Å². The van der Waals surface area contributed by atoms with Crippen molar-refractivity contribution in [1.82, 2.24) is 9.80 Å². The first-order chi connectivity index (χ1) is 15.0. The molecule has 1 saturated heterocycles. The number of nitrogens with zero attached hydrogens (tertiary/aromatic N) is 2. The van der Waals surface area contributed by atoms with Crippen LogP contribution in [-0.4, -0.2) is 67.6 Å². The molecule has 1 aliphatic heterocycles. The van der Waals surface area contributed by atoms with Gasteiger partial charge in [-0.25, -0.2) is 0 Å². The number of benzene rings is 2. The van der Waals surface area contributed by atoms with Crippen LogP contribution in [-0.2, 0) is 9.59 Å². The molecule has 0 saturated carbocycles. The molecule has 0 atom stereocenters. The van der Waals surface area contributed by atoms with Crippen molar-refractivity contribution in [2.45, 2.75) is 20.3 Å². The van der Waals surface area contributed by atoms with Crippen LogP contribution in [0.1, 0.15) is 18.9 Å². The summed E-state index contributed by atoms with van der Waals surface area (Å²) in [7, 11) is 0. The lowest BCUT2D eigenvalue weighted by molar-refractivity contribution is -0.135. The summed E-state index contributed by atoms with van der Waals surface area (Å²) in [6, 6.07) is 14.8. The van der Waals surface area contributed by atoms with Gasteiger partial charge in [-0.3, -0.25) is 9.59 Å². The van der Waals surface area contributed by atoms with E-state index in [4.69, 9.17) is 14.2 Å². The molecule has 1 fully saturated rings. The van der Waals surface area contributed by atoms with E-state index in [0.717, 1.165) is 17.7 Å².